The van der Waals surface area contributed by atoms with Gasteiger partial charge in [0.1, 0.15) is 5.00 Å². The van der Waals surface area contributed by atoms with E-state index in [0.29, 0.717) is 11.9 Å². The van der Waals surface area contributed by atoms with Crippen molar-refractivity contribution in [3.63, 3.8) is 0 Å². The molecule has 0 aliphatic carbocycles. The predicted molar refractivity (Wildman–Crippen MR) is 77.3 cm³/mol. The molecule has 0 saturated heterocycles. The van der Waals surface area contributed by atoms with E-state index in [2.05, 4.69) is 23.1 Å². The van der Waals surface area contributed by atoms with E-state index in [1.807, 2.05) is 6.26 Å². The molecule has 4 nitrogen and oxygen atoms in total. The lowest BCUT2D eigenvalue weighted by Gasteiger charge is -2.29. The normalized spacial score (nSPS) is 12.7. The van der Waals surface area contributed by atoms with Crippen LogP contribution in [-0.2, 0) is 4.74 Å². The van der Waals surface area contributed by atoms with Crippen LogP contribution in [0.4, 0.5) is 10.8 Å². The van der Waals surface area contributed by atoms with Crippen molar-refractivity contribution in [2.75, 3.05) is 37.2 Å². The fourth-order valence-electron chi connectivity index (χ4n) is 1.59. The highest BCUT2D eigenvalue weighted by Crippen LogP contribution is 2.38. The molecule has 0 fully saturated rings. The van der Waals surface area contributed by atoms with Crippen LogP contribution in [0, 0.1) is 0 Å². The number of methoxy groups -OCH3 is 1. The van der Waals surface area contributed by atoms with Gasteiger partial charge < -0.3 is 15.4 Å². The number of hydrogen-bond donors (Lipinski definition) is 1. The van der Waals surface area contributed by atoms with Crippen LogP contribution in [0.1, 0.15) is 20.3 Å². The molecule has 0 aliphatic heterocycles. The molecule has 0 amide bonds. The third-order valence-corrected chi connectivity index (χ3v) is 4.62. The number of hydrogen-bond acceptors (Lipinski definition) is 6. The van der Waals surface area contributed by atoms with Crippen molar-refractivity contribution in [2.45, 2.75) is 31.2 Å². The van der Waals surface area contributed by atoms with Crippen molar-refractivity contribution in [3.05, 3.63) is 0 Å². The quantitative estimate of drug-likeness (QED) is 0.775. The van der Waals surface area contributed by atoms with Gasteiger partial charge in [0, 0.05) is 19.7 Å². The predicted octanol–water partition coefficient (Wildman–Crippen LogP) is 2.70. The first-order chi connectivity index (χ1) is 8.15. The summed E-state index contributed by atoms with van der Waals surface area (Å²) in [5.74, 6) is 0.642. The Balaban J connectivity index is 2.94. The summed E-state index contributed by atoms with van der Waals surface area (Å²) in [6.07, 6.45) is 3.13. The minimum absolute atomic E-state index is 0.468. The van der Waals surface area contributed by atoms with Crippen LogP contribution in [0.25, 0.3) is 0 Å². The van der Waals surface area contributed by atoms with E-state index in [0.717, 1.165) is 24.5 Å². The number of aromatic nitrogens is 1. The molecule has 1 atom stereocenters. The smallest absolute Gasteiger partial charge is 0.153 e. The summed E-state index contributed by atoms with van der Waals surface area (Å²) in [6, 6.07) is 0.468. The fourth-order valence-corrected chi connectivity index (χ4v) is 3.40. The second-order valence-electron chi connectivity index (χ2n) is 3.85. The van der Waals surface area contributed by atoms with Gasteiger partial charge >= 0.3 is 0 Å². The number of ether oxygens (including phenoxy) is 1. The van der Waals surface area contributed by atoms with Crippen LogP contribution < -0.4 is 10.6 Å². The van der Waals surface area contributed by atoms with Gasteiger partial charge in [0.15, 0.2) is 5.82 Å². The SMILES string of the molecule is CCC(C)N(CCOC)c1snc(N)c1SC. The fraction of sp³-hybridized carbons (Fsp3) is 0.727. The van der Waals surface area contributed by atoms with Crippen LogP contribution >= 0.6 is 23.3 Å². The maximum Gasteiger partial charge on any atom is 0.153 e. The van der Waals surface area contributed by atoms with E-state index in [4.69, 9.17) is 10.5 Å². The van der Waals surface area contributed by atoms with Crippen molar-refractivity contribution in [1.82, 2.24) is 4.37 Å². The Hall–Kier alpha value is -0.460. The molecular formula is C11H21N3OS2. The summed E-state index contributed by atoms with van der Waals surface area (Å²) in [6.45, 7) is 6.00. The van der Waals surface area contributed by atoms with Crippen molar-refractivity contribution in [2.24, 2.45) is 0 Å². The Bertz CT molecular complexity index is 343. The number of nitrogen functional groups attached to an aromatic ring is 1. The van der Waals surface area contributed by atoms with Crippen molar-refractivity contribution >= 4 is 34.1 Å². The van der Waals surface area contributed by atoms with Crippen LogP contribution in [0.15, 0.2) is 4.90 Å². The van der Waals surface area contributed by atoms with E-state index < -0.39 is 0 Å². The molecule has 17 heavy (non-hydrogen) atoms. The lowest BCUT2D eigenvalue weighted by Crippen LogP contribution is -2.35. The number of nitrogens with two attached hydrogens (primary N) is 1. The number of thioether (sulfide) groups is 1. The van der Waals surface area contributed by atoms with Gasteiger partial charge in [-0.15, -0.1) is 11.8 Å². The zero-order valence-corrected chi connectivity index (χ0v) is 12.5. The van der Waals surface area contributed by atoms with E-state index in [1.165, 1.54) is 16.5 Å². The molecule has 0 radical (unpaired) electrons. The van der Waals surface area contributed by atoms with Crippen LogP contribution in [-0.4, -0.2) is 36.9 Å². The highest BCUT2D eigenvalue weighted by Gasteiger charge is 2.20. The molecule has 1 aromatic rings. The van der Waals surface area contributed by atoms with Crippen LogP contribution in [0.2, 0.25) is 0 Å². The second kappa shape index (κ2) is 7.08. The third-order valence-electron chi connectivity index (χ3n) is 2.78. The molecule has 0 aromatic carbocycles. The summed E-state index contributed by atoms with van der Waals surface area (Å²) >= 11 is 3.14. The second-order valence-corrected chi connectivity index (χ2v) is 5.42. The molecule has 1 rings (SSSR count). The first-order valence-corrected chi connectivity index (χ1v) is 7.70. The molecule has 6 heteroatoms. The molecule has 1 heterocycles. The first kappa shape index (κ1) is 14.6. The minimum atomic E-state index is 0.468. The van der Waals surface area contributed by atoms with Gasteiger partial charge in [0.05, 0.1) is 11.5 Å². The zero-order chi connectivity index (χ0) is 12.8. The summed E-state index contributed by atoms with van der Waals surface area (Å²) in [5.41, 5.74) is 5.88. The monoisotopic (exact) mass is 275 g/mol. The Morgan fingerprint density at radius 2 is 2.29 bits per heavy atom. The Morgan fingerprint density at radius 3 is 2.82 bits per heavy atom. The van der Waals surface area contributed by atoms with E-state index in [-0.39, 0.29) is 0 Å². The van der Waals surface area contributed by atoms with Gasteiger partial charge in [0.25, 0.3) is 0 Å². The number of anilines is 2. The average Bonchev–Trinajstić information content (AvgIpc) is 2.70. The van der Waals surface area contributed by atoms with Gasteiger partial charge in [-0.05, 0) is 31.1 Å². The van der Waals surface area contributed by atoms with Gasteiger partial charge in [-0.3, -0.25) is 0 Å². The number of rotatable bonds is 7. The molecule has 0 bridgehead atoms. The highest BCUT2D eigenvalue weighted by atomic mass is 32.2. The average molecular weight is 275 g/mol. The van der Waals surface area contributed by atoms with E-state index >= 15 is 0 Å². The molecule has 0 aliphatic rings. The van der Waals surface area contributed by atoms with Crippen molar-refractivity contribution < 1.29 is 4.74 Å². The molecule has 0 saturated carbocycles. The van der Waals surface area contributed by atoms with Gasteiger partial charge in [-0.2, -0.15) is 4.37 Å². The summed E-state index contributed by atoms with van der Waals surface area (Å²) in [7, 11) is 1.73. The van der Waals surface area contributed by atoms with Crippen LogP contribution in [0.3, 0.4) is 0 Å². The molecule has 1 unspecified atom stereocenters. The van der Waals surface area contributed by atoms with Crippen molar-refractivity contribution in [1.29, 1.82) is 0 Å². The molecule has 2 N–H and O–H groups in total. The molecule has 98 valence electrons. The molecule has 0 spiro atoms. The Kier molecular flexibility index (Phi) is 6.08. The van der Waals surface area contributed by atoms with Gasteiger partial charge in [-0.1, -0.05) is 6.92 Å². The minimum Gasteiger partial charge on any atom is -0.383 e. The summed E-state index contributed by atoms with van der Waals surface area (Å²) < 4.78 is 9.42. The summed E-state index contributed by atoms with van der Waals surface area (Å²) in [5, 5.41) is 1.17. The van der Waals surface area contributed by atoms with Crippen molar-refractivity contribution in [3.8, 4) is 0 Å². The lowest BCUT2D eigenvalue weighted by atomic mass is 10.2. The Morgan fingerprint density at radius 1 is 1.59 bits per heavy atom. The maximum absolute atomic E-state index is 5.88. The molecular weight excluding hydrogens is 254 g/mol. The molecule has 1 aromatic heterocycles. The lowest BCUT2D eigenvalue weighted by molar-refractivity contribution is 0.203. The van der Waals surface area contributed by atoms with E-state index in [9.17, 15) is 0 Å². The Labute approximate surface area is 112 Å². The summed E-state index contributed by atoms with van der Waals surface area (Å²) in [4.78, 5) is 3.43. The topological polar surface area (TPSA) is 51.4 Å². The van der Waals surface area contributed by atoms with E-state index in [1.54, 1.807) is 18.9 Å². The largest absolute Gasteiger partial charge is 0.383 e. The maximum atomic E-state index is 5.88. The van der Waals surface area contributed by atoms with Gasteiger partial charge in [-0.25, -0.2) is 0 Å². The van der Waals surface area contributed by atoms with Gasteiger partial charge in [0.2, 0.25) is 0 Å². The number of nitrogens with zero attached hydrogens (tertiary/aromatic N) is 2. The zero-order valence-electron chi connectivity index (χ0n) is 10.9. The first-order valence-electron chi connectivity index (χ1n) is 5.70. The highest BCUT2D eigenvalue weighted by molar-refractivity contribution is 7.99. The standard InChI is InChI=1S/C11H21N3OS2/c1-5-8(2)14(6-7-15-3)11-9(16-4)10(12)13-17-11/h8H,5-7H2,1-4H3,(H2,12,13). The van der Waals surface area contributed by atoms with Crippen LogP contribution in [0.5, 0.6) is 0 Å². The third kappa shape index (κ3) is 3.50.